The lowest BCUT2D eigenvalue weighted by atomic mass is 10.3. The Morgan fingerprint density at radius 3 is 1.27 bits per heavy atom. The molecule has 0 saturated carbocycles. The first-order valence-electron chi connectivity index (χ1n) is 7.72. The summed E-state index contributed by atoms with van der Waals surface area (Å²) in [5.41, 5.74) is -1.55. The molecule has 26 heavy (non-hydrogen) atoms. The SMILES string of the molecule is COc1ccc(-n2c(=O)n(C)c(=O)n(-c3ccc(OC)cc3)c2=O)cc1. The van der Waals surface area contributed by atoms with E-state index < -0.39 is 17.1 Å². The Kier molecular flexibility index (Phi) is 4.49. The van der Waals surface area contributed by atoms with Crippen molar-refractivity contribution in [1.29, 1.82) is 0 Å². The summed E-state index contributed by atoms with van der Waals surface area (Å²) < 4.78 is 12.9. The molecule has 0 bridgehead atoms. The molecule has 0 N–H and O–H groups in total. The predicted octanol–water partition coefficient (Wildman–Crippen LogP) is 0.704. The number of ether oxygens (including phenoxy) is 2. The summed E-state index contributed by atoms with van der Waals surface area (Å²) in [7, 11) is 4.36. The summed E-state index contributed by atoms with van der Waals surface area (Å²) in [6.07, 6.45) is 0. The van der Waals surface area contributed by atoms with Crippen LogP contribution in [0, 0.1) is 0 Å². The van der Waals surface area contributed by atoms with Crippen LogP contribution in [0.5, 0.6) is 11.5 Å². The molecule has 134 valence electrons. The fourth-order valence-electron chi connectivity index (χ4n) is 2.55. The lowest BCUT2D eigenvalue weighted by molar-refractivity contribution is 0.414. The Balaban J connectivity index is 2.29. The molecule has 3 aromatic rings. The van der Waals surface area contributed by atoms with Gasteiger partial charge in [-0.15, -0.1) is 0 Å². The number of hydrogen-bond donors (Lipinski definition) is 0. The van der Waals surface area contributed by atoms with Gasteiger partial charge < -0.3 is 9.47 Å². The molecule has 0 saturated heterocycles. The van der Waals surface area contributed by atoms with Crippen LogP contribution in [0.15, 0.2) is 62.9 Å². The van der Waals surface area contributed by atoms with Gasteiger partial charge in [0.2, 0.25) is 0 Å². The van der Waals surface area contributed by atoms with Gasteiger partial charge in [-0.3, -0.25) is 0 Å². The third-order valence-electron chi connectivity index (χ3n) is 4.00. The van der Waals surface area contributed by atoms with Crippen molar-refractivity contribution in [1.82, 2.24) is 13.7 Å². The van der Waals surface area contributed by atoms with Crippen LogP contribution in [-0.4, -0.2) is 27.9 Å². The van der Waals surface area contributed by atoms with Crippen molar-refractivity contribution in [2.45, 2.75) is 0 Å². The van der Waals surface area contributed by atoms with Gasteiger partial charge in [0.25, 0.3) is 0 Å². The first-order valence-corrected chi connectivity index (χ1v) is 7.72. The molecule has 2 aromatic carbocycles. The lowest BCUT2D eigenvalue weighted by Gasteiger charge is -2.12. The number of aromatic nitrogens is 3. The topological polar surface area (TPSA) is 84.5 Å². The van der Waals surface area contributed by atoms with E-state index in [9.17, 15) is 14.4 Å². The average Bonchev–Trinajstić information content (AvgIpc) is 2.67. The van der Waals surface area contributed by atoms with Crippen LogP contribution >= 0.6 is 0 Å². The zero-order valence-electron chi connectivity index (χ0n) is 14.5. The second-order valence-electron chi connectivity index (χ2n) is 5.47. The summed E-state index contributed by atoms with van der Waals surface area (Å²) in [5.74, 6) is 1.17. The van der Waals surface area contributed by atoms with E-state index in [1.807, 2.05) is 0 Å². The van der Waals surface area contributed by atoms with Crippen LogP contribution in [0.2, 0.25) is 0 Å². The number of nitrogens with zero attached hydrogens (tertiary/aromatic N) is 3. The van der Waals surface area contributed by atoms with E-state index in [4.69, 9.17) is 9.47 Å². The first kappa shape index (κ1) is 17.3. The van der Waals surface area contributed by atoms with Gasteiger partial charge in [0.1, 0.15) is 11.5 Å². The van der Waals surface area contributed by atoms with Gasteiger partial charge in [-0.1, -0.05) is 0 Å². The Hall–Kier alpha value is -3.55. The minimum Gasteiger partial charge on any atom is -0.497 e. The van der Waals surface area contributed by atoms with Crippen molar-refractivity contribution < 1.29 is 9.47 Å². The van der Waals surface area contributed by atoms with Gasteiger partial charge in [-0.25, -0.2) is 28.1 Å². The summed E-state index contributed by atoms with van der Waals surface area (Å²) in [4.78, 5) is 37.9. The van der Waals surface area contributed by atoms with Crippen molar-refractivity contribution in [3.8, 4) is 22.9 Å². The molecule has 0 aliphatic heterocycles. The van der Waals surface area contributed by atoms with Gasteiger partial charge in [0.05, 0.1) is 25.6 Å². The Morgan fingerprint density at radius 2 is 0.962 bits per heavy atom. The Morgan fingerprint density at radius 1 is 0.615 bits per heavy atom. The number of methoxy groups -OCH3 is 2. The molecular formula is C18H17N3O5. The van der Waals surface area contributed by atoms with Crippen molar-refractivity contribution in [3.05, 3.63) is 80.0 Å². The normalized spacial score (nSPS) is 10.6. The van der Waals surface area contributed by atoms with Crippen LogP contribution < -0.4 is 26.5 Å². The predicted molar refractivity (Wildman–Crippen MR) is 96.0 cm³/mol. The van der Waals surface area contributed by atoms with Crippen LogP contribution in [0.1, 0.15) is 0 Å². The Bertz CT molecular complexity index is 1020. The zero-order valence-corrected chi connectivity index (χ0v) is 14.5. The molecule has 3 rings (SSSR count). The van der Waals surface area contributed by atoms with Crippen molar-refractivity contribution in [3.63, 3.8) is 0 Å². The third kappa shape index (κ3) is 2.81. The largest absolute Gasteiger partial charge is 0.497 e. The minimum absolute atomic E-state index is 0.332. The van der Waals surface area contributed by atoms with Crippen molar-refractivity contribution >= 4 is 0 Å². The molecule has 0 amide bonds. The van der Waals surface area contributed by atoms with E-state index >= 15 is 0 Å². The fraction of sp³-hybridized carbons (Fsp3) is 0.167. The molecule has 0 spiro atoms. The molecule has 0 aliphatic rings. The molecular weight excluding hydrogens is 338 g/mol. The molecule has 0 unspecified atom stereocenters. The highest BCUT2D eigenvalue weighted by molar-refractivity contribution is 5.39. The highest BCUT2D eigenvalue weighted by Gasteiger charge is 2.16. The van der Waals surface area contributed by atoms with E-state index in [1.165, 1.54) is 21.3 Å². The van der Waals surface area contributed by atoms with E-state index in [0.29, 0.717) is 22.9 Å². The van der Waals surface area contributed by atoms with Crippen molar-refractivity contribution in [2.75, 3.05) is 14.2 Å². The maximum Gasteiger partial charge on any atom is 0.345 e. The van der Waals surface area contributed by atoms with E-state index in [0.717, 1.165) is 13.7 Å². The van der Waals surface area contributed by atoms with Crippen molar-refractivity contribution in [2.24, 2.45) is 7.05 Å². The maximum absolute atomic E-state index is 12.9. The van der Waals surface area contributed by atoms with Gasteiger partial charge in [-0.05, 0) is 48.5 Å². The monoisotopic (exact) mass is 355 g/mol. The van der Waals surface area contributed by atoms with Crippen LogP contribution in [0.25, 0.3) is 11.4 Å². The number of benzene rings is 2. The maximum atomic E-state index is 12.9. The first-order chi connectivity index (χ1) is 12.5. The zero-order chi connectivity index (χ0) is 18.8. The third-order valence-corrected chi connectivity index (χ3v) is 4.00. The lowest BCUT2D eigenvalue weighted by Crippen LogP contribution is -2.52. The van der Waals surface area contributed by atoms with Crippen LogP contribution in [0.4, 0.5) is 0 Å². The van der Waals surface area contributed by atoms with Gasteiger partial charge in [-0.2, -0.15) is 0 Å². The summed E-state index contributed by atoms with van der Waals surface area (Å²) in [5, 5.41) is 0. The number of rotatable bonds is 4. The summed E-state index contributed by atoms with van der Waals surface area (Å²) >= 11 is 0. The smallest absolute Gasteiger partial charge is 0.345 e. The molecule has 0 atom stereocenters. The highest BCUT2D eigenvalue weighted by atomic mass is 16.5. The molecule has 0 radical (unpaired) electrons. The van der Waals surface area contributed by atoms with E-state index in [-0.39, 0.29) is 0 Å². The molecule has 8 nitrogen and oxygen atoms in total. The summed E-state index contributed by atoms with van der Waals surface area (Å²) in [6.45, 7) is 0. The van der Waals surface area contributed by atoms with Gasteiger partial charge in [0, 0.05) is 7.05 Å². The van der Waals surface area contributed by atoms with Gasteiger partial charge in [0.15, 0.2) is 0 Å². The highest BCUT2D eigenvalue weighted by Crippen LogP contribution is 2.14. The second kappa shape index (κ2) is 6.75. The number of hydrogen-bond acceptors (Lipinski definition) is 5. The summed E-state index contributed by atoms with van der Waals surface area (Å²) in [6, 6.07) is 12.8. The van der Waals surface area contributed by atoms with Crippen LogP contribution in [-0.2, 0) is 7.05 Å². The molecule has 1 heterocycles. The fourth-order valence-corrected chi connectivity index (χ4v) is 2.55. The molecule has 0 aliphatic carbocycles. The molecule has 8 heteroatoms. The van der Waals surface area contributed by atoms with E-state index in [1.54, 1.807) is 48.5 Å². The molecule has 1 aromatic heterocycles. The quantitative estimate of drug-likeness (QED) is 0.688. The standard InChI is InChI=1S/C18H17N3O5/c1-19-16(22)20(12-4-8-14(25-2)9-5-12)18(24)21(17(19)23)13-6-10-15(26-3)11-7-13/h4-11H,1-3H3. The average molecular weight is 355 g/mol. The minimum atomic E-state index is -0.756. The van der Waals surface area contributed by atoms with Crippen LogP contribution in [0.3, 0.4) is 0 Å². The Labute approximate surface area is 148 Å². The van der Waals surface area contributed by atoms with E-state index in [2.05, 4.69) is 0 Å². The van der Waals surface area contributed by atoms with Gasteiger partial charge >= 0.3 is 17.1 Å². The molecule has 0 fully saturated rings. The second-order valence-corrected chi connectivity index (χ2v) is 5.47.